The van der Waals surface area contributed by atoms with Crippen molar-refractivity contribution in [3.05, 3.63) is 35.4 Å². The predicted molar refractivity (Wildman–Crippen MR) is 65.1 cm³/mol. The summed E-state index contributed by atoms with van der Waals surface area (Å²) >= 11 is 0. The predicted octanol–water partition coefficient (Wildman–Crippen LogP) is 4.57. The van der Waals surface area contributed by atoms with Gasteiger partial charge >= 0.3 is 6.18 Å². The maximum absolute atomic E-state index is 12.5. The fraction of sp³-hybridized carbons (Fsp3) is 0.571. The van der Waals surface area contributed by atoms with Crippen LogP contribution < -0.4 is 0 Å². The molecule has 0 spiro atoms. The van der Waals surface area contributed by atoms with E-state index in [1.807, 2.05) is 13.8 Å². The van der Waals surface area contributed by atoms with Crippen LogP contribution in [0.1, 0.15) is 50.3 Å². The van der Waals surface area contributed by atoms with Crippen LogP contribution in [0.2, 0.25) is 0 Å². The quantitative estimate of drug-likeness (QED) is 0.822. The standard InChI is InChI=1S/C14H19F3O/c1-3-10(4-2)8-13(18)11-6-5-7-12(9-11)14(15,16)17/h5-7,9-10,13,18H,3-4,8H2,1-2H3. The van der Waals surface area contributed by atoms with Gasteiger partial charge in [-0.3, -0.25) is 0 Å². The molecule has 0 aromatic heterocycles. The van der Waals surface area contributed by atoms with Gasteiger partial charge in [0.05, 0.1) is 11.7 Å². The second kappa shape index (κ2) is 6.23. The van der Waals surface area contributed by atoms with Crippen molar-refractivity contribution in [2.24, 2.45) is 5.92 Å². The van der Waals surface area contributed by atoms with Crippen LogP contribution in [0, 0.1) is 5.92 Å². The average Bonchev–Trinajstić information content (AvgIpc) is 2.34. The molecule has 0 bridgehead atoms. The molecule has 0 saturated carbocycles. The van der Waals surface area contributed by atoms with Gasteiger partial charge in [-0.25, -0.2) is 0 Å². The molecule has 0 fully saturated rings. The molecule has 1 atom stereocenters. The Morgan fingerprint density at radius 1 is 1.17 bits per heavy atom. The molecule has 1 nitrogen and oxygen atoms in total. The van der Waals surface area contributed by atoms with E-state index in [4.69, 9.17) is 0 Å². The van der Waals surface area contributed by atoms with E-state index in [0.717, 1.165) is 25.0 Å². The fourth-order valence-electron chi connectivity index (χ4n) is 2.00. The molecule has 0 aliphatic rings. The number of hydrogen-bond acceptors (Lipinski definition) is 1. The molecule has 18 heavy (non-hydrogen) atoms. The molecule has 0 radical (unpaired) electrons. The molecule has 0 saturated heterocycles. The molecule has 4 heteroatoms. The number of rotatable bonds is 5. The zero-order valence-corrected chi connectivity index (χ0v) is 10.7. The number of halogens is 3. The largest absolute Gasteiger partial charge is 0.416 e. The first-order chi connectivity index (χ1) is 8.38. The molecule has 1 N–H and O–H groups in total. The van der Waals surface area contributed by atoms with Crippen LogP contribution in [0.4, 0.5) is 13.2 Å². The van der Waals surface area contributed by atoms with Gasteiger partial charge in [-0.1, -0.05) is 38.8 Å². The smallest absolute Gasteiger partial charge is 0.388 e. The van der Waals surface area contributed by atoms with Gasteiger partial charge in [0.15, 0.2) is 0 Å². The molecular formula is C14H19F3O. The molecule has 0 aliphatic heterocycles. The van der Waals surface area contributed by atoms with Gasteiger partial charge in [-0.05, 0) is 30.0 Å². The van der Waals surface area contributed by atoms with Crippen molar-refractivity contribution in [3.8, 4) is 0 Å². The fourth-order valence-corrected chi connectivity index (χ4v) is 2.00. The minimum Gasteiger partial charge on any atom is -0.388 e. The number of benzene rings is 1. The molecule has 0 aliphatic carbocycles. The normalized spacial score (nSPS) is 13.9. The maximum Gasteiger partial charge on any atom is 0.416 e. The van der Waals surface area contributed by atoms with E-state index in [1.54, 1.807) is 6.07 Å². The van der Waals surface area contributed by atoms with E-state index >= 15 is 0 Å². The van der Waals surface area contributed by atoms with Gasteiger partial charge in [0.1, 0.15) is 0 Å². The van der Waals surface area contributed by atoms with E-state index < -0.39 is 17.8 Å². The summed E-state index contributed by atoms with van der Waals surface area (Å²) in [6, 6.07) is 4.94. The van der Waals surface area contributed by atoms with Gasteiger partial charge in [-0.15, -0.1) is 0 Å². The average molecular weight is 260 g/mol. The molecule has 0 heterocycles. The van der Waals surface area contributed by atoms with E-state index in [9.17, 15) is 18.3 Å². The van der Waals surface area contributed by atoms with Gasteiger partial charge < -0.3 is 5.11 Å². The molecule has 1 rings (SSSR count). The van der Waals surface area contributed by atoms with Crippen molar-refractivity contribution in [3.63, 3.8) is 0 Å². The van der Waals surface area contributed by atoms with Crippen LogP contribution in [-0.4, -0.2) is 5.11 Å². The Bertz CT molecular complexity index is 370. The highest BCUT2D eigenvalue weighted by atomic mass is 19.4. The van der Waals surface area contributed by atoms with Gasteiger partial charge in [0, 0.05) is 0 Å². The topological polar surface area (TPSA) is 20.2 Å². The molecule has 1 unspecified atom stereocenters. The first-order valence-electron chi connectivity index (χ1n) is 6.23. The number of alkyl halides is 3. The maximum atomic E-state index is 12.5. The molecular weight excluding hydrogens is 241 g/mol. The van der Waals surface area contributed by atoms with Crippen molar-refractivity contribution in [2.75, 3.05) is 0 Å². The lowest BCUT2D eigenvalue weighted by atomic mass is 9.92. The number of aliphatic hydroxyl groups excluding tert-OH is 1. The lowest BCUT2D eigenvalue weighted by Crippen LogP contribution is -2.09. The number of hydrogen-bond donors (Lipinski definition) is 1. The molecule has 102 valence electrons. The van der Waals surface area contributed by atoms with E-state index in [-0.39, 0.29) is 0 Å². The first-order valence-corrected chi connectivity index (χ1v) is 6.23. The molecule has 0 amide bonds. The lowest BCUT2D eigenvalue weighted by Gasteiger charge is -2.18. The highest BCUT2D eigenvalue weighted by Gasteiger charge is 2.30. The van der Waals surface area contributed by atoms with Crippen LogP contribution >= 0.6 is 0 Å². The number of aliphatic hydroxyl groups is 1. The van der Waals surface area contributed by atoms with Crippen molar-refractivity contribution in [1.29, 1.82) is 0 Å². The Hall–Kier alpha value is -1.03. The minimum atomic E-state index is -4.36. The third kappa shape index (κ3) is 4.02. The summed E-state index contributed by atoms with van der Waals surface area (Å²) in [5.74, 6) is 0.342. The SMILES string of the molecule is CCC(CC)CC(O)c1cccc(C(F)(F)F)c1. The third-order valence-corrected chi connectivity index (χ3v) is 3.31. The van der Waals surface area contributed by atoms with Crippen LogP contribution in [0.25, 0.3) is 0 Å². The van der Waals surface area contributed by atoms with Crippen LogP contribution in [0.15, 0.2) is 24.3 Å². The van der Waals surface area contributed by atoms with Crippen molar-refractivity contribution in [1.82, 2.24) is 0 Å². The van der Waals surface area contributed by atoms with E-state index in [1.165, 1.54) is 6.07 Å². The molecule has 1 aromatic rings. The van der Waals surface area contributed by atoms with Crippen molar-refractivity contribution >= 4 is 0 Å². The second-order valence-electron chi connectivity index (χ2n) is 4.56. The van der Waals surface area contributed by atoms with Gasteiger partial charge in [0.25, 0.3) is 0 Å². The Labute approximate surface area is 106 Å². The van der Waals surface area contributed by atoms with Gasteiger partial charge in [-0.2, -0.15) is 13.2 Å². The van der Waals surface area contributed by atoms with Crippen LogP contribution in [0.5, 0.6) is 0 Å². The summed E-state index contributed by atoms with van der Waals surface area (Å²) in [6.07, 6.45) is -2.82. The van der Waals surface area contributed by atoms with Crippen molar-refractivity contribution in [2.45, 2.75) is 45.4 Å². The van der Waals surface area contributed by atoms with Crippen LogP contribution in [-0.2, 0) is 6.18 Å². The monoisotopic (exact) mass is 260 g/mol. The second-order valence-corrected chi connectivity index (χ2v) is 4.56. The summed E-state index contributed by atoms with van der Waals surface area (Å²) in [4.78, 5) is 0. The summed E-state index contributed by atoms with van der Waals surface area (Å²) in [5.41, 5.74) is -0.361. The highest BCUT2D eigenvalue weighted by molar-refractivity contribution is 5.27. The Kier molecular flexibility index (Phi) is 5.20. The molecule has 1 aromatic carbocycles. The first kappa shape index (κ1) is 15.0. The van der Waals surface area contributed by atoms with Gasteiger partial charge in [0.2, 0.25) is 0 Å². The van der Waals surface area contributed by atoms with E-state index in [2.05, 4.69) is 0 Å². The summed E-state index contributed by atoms with van der Waals surface area (Å²) in [7, 11) is 0. The lowest BCUT2D eigenvalue weighted by molar-refractivity contribution is -0.137. The van der Waals surface area contributed by atoms with E-state index in [0.29, 0.717) is 17.9 Å². The summed E-state index contributed by atoms with van der Waals surface area (Å²) < 4.78 is 37.6. The van der Waals surface area contributed by atoms with Crippen molar-refractivity contribution < 1.29 is 18.3 Å². The summed E-state index contributed by atoms with van der Waals surface area (Å²) in [6.45, 7) is 4.04. The highest BCUT2D eigenvalue weighted by Crippen LogP contribution is 2.32. The zero-order chi connectivity index (χ0) is 13.8. The Balaban J connectivity index is 2.83. The summed E-state index contributed by atoms with van der Waals surface area (Å²) in [5, 5.41) is 9.98. The minimum absolute atomic E-state index is 0.342. The van der Waals surface area contributed by atoms with Crippen LogP contribution in [0.3, 0.4) is 0 Å². The third-order valence-electron chi connectivity index (χ3n) is 3.31. The Morgan fingerprint density at radius 3 is 2.28 bits per heavy atom. The zero-order valence-electron chi connectivity index (χ0n) is 10.7. The Morgan fingerprint density at radius 2 is 1.78 bits per heavy atom.